The molecular weight excluding hydrogens is 210 g/mol. The number of para-hydroxylation sites is 1. The first-order chi connectivity index (χ1) is 6.92. The lowest BCUT2D eigenvalue weighted by atomic mass is 10.1. The second kappa shape index (κ2) is 5.79. The number of hydrogen-bond donors (Lipinski definition) is 1. The molecule has 1 aromatic carbocycles. The van der Waals surface area contributed by atoms with Gasteiger partial charge in [0.2, 0.25) is 0 Å². The predicted molar refractivity (Wildman–Crippen MR) is 65.6 cm³/mol. The predicted octanol–water partition coefficient (Wildman–Crippen LogP) is 2.62. The zero-order valence-electron chi connectivity index (χ0n) is 8.82. The van der Waals surface area contributed by atoms with Crippen molar-refractivity contribution in [2.45, 2.75) is 13.5 Å². The van der Waals surface area contributed by atoms with Gasteiger partial charge in [-0.1, -0.05) is 30.4 Å². The lowest BCUT2D eigenvalue weighted by Gasteiger charge is -2.09. The smallest absolute Gasteiger partial charge is 0.131 e. The van der Waals surface area contributed by atoms with Crippen LogP contribution in [0.3, 0.4) is 0 Å². The molecule has 1 heterocycles. The fraction of sp³-hybridized carbons (Fsp3) is 0.333. The van der Waals surface area contributed by atoms with Crippen molar-refractivity contribution in [2.75, 3.05) is 13.2 Å². The first-order valence-corrected chi connectivity index (χ1v) is 5.00. The third-order valence-corrected chi connectivity index (χ3v) is 2.31. The standard InChI is InChI=1S/C12H15NO.ClH/c1-2-4-10-5-3-6-11-9-13-7-8-14-12(10)11;/h2-6,13H,7-9H2,1H3;1H. The number of fused-ring (bicyclic) bond motifs is 1. The summed E-state index contributed by atoms with van der Waals surface area (Å²) >= 11 is 0. The number of allylic oxidation sites excluding steroid dienone is 1. The van der Waals surface area contributed by atoms with Gasteiger partial charge in [-0.15, -0.1) is 12.4 Å². The summed E-state index contributed by atoms with van der Waals surface area (Å²) in [4.78, 5) is 0. The number of rotatable bonds is 1. The van der Waals surface area contributed by atoms with Crippen molar-refractivity contribution in [2.24, 2.45) is 0 Å². The first-order valence-electron chi connectivity index (χ1n) is 5.00. The van der Waals surface area contributed by atoms with E-state index in [9.17, 15) is 0 Å². The summed E-state index contributed by atoms with van der Waals surface area (Å²) in [6.45, 7) is 4.60. The topological polar surface area (TPSA) is 21.3 Å². The van der Waals surface area contributed by atoms with Crippen LogP contribution in [0.5, 0.6) is 5.75 Å². The molecule has 2 nitrogen and oxygen atoms in total. The summed E-state index contributed by atoms with van der Waals surface area (Å²) in [5, 5.41) is 3.32. The zero-order valence-corrected chi connectivity index (χ0v) is 9.64. The Balaban J connectivity index is 0.00000112. The fourth-order valence-electron chi connectivity index (χ4n) is 1.68. The summed E-state index contributed by atoms with van der Waals surface area (Å²) in [7, 11) is 0. The molecule has 0 bridgehead atoms. The molecule has 1 aliphatic heterocycles. The molecule has 0 unspecified atom stereocenters. The Kier molecular flexibility index (Phi) is 4.66. The molecule has 0 spiro atoms. The zero-order chi connectivity index (χ0) is 9.80. The maximum Gasteiger partial charge on any atom is 0.131 e. The Bertz CT molecular complexity index is 349. The molecular formula is C12H16ClNO. The van der Waals surface area contributed by atoms with Gasteiger partial charge >= 0.3 is 0 Å². The summed E-state index contributed by atoms with van der Waals surface area (Å²) in [5.74, 6) is 1.04. The Morgan fingerprint density at radius 3 is 3.07 bits per heavy atom. The Labute approximate surface area is 96.7 Å². The van der Waals surface area contributed by atoms with Crippen LogP contribution >= 0.6 is 12.4 Å². The largest absolute Gasteiger partial charge is 0.491 e. The van der Waals surface area contributed by atoms with E-state index in [1.165, 1.54) is 11.1 Å². The van der Waals surface area contributed by atoms with Crippen LogP contribution in [0.1, 0.15) is 18.1 Å². The van der Waals surface area contributed by atoms with Gasteiger partial charge in [0, 0.05) is 24.2 Å². The van der Waals surface area contributed by atoms with Gasteiger partial charge in [-0.05, 0) is 6.92 Å². The molecule has 2 rings (SSSR count). The lowest BCUT2D eigenvalue weighted by molar-refractivity contribution is 0.325. The Hall–Kier alpha value is -0.990. The van der Waals surface area contributed by atoms with Gasteiger partial charge in [-0.3, -0.25) is 0 Å². The highest BCUT2D eigenvalue weighted by Crippen LogP contribution is 2.26. The van der Waals surface area contributed by atoms with E-state index < -0.39 is 0 Å². The summed E-state index contributed by atoms with van der Waals surface area (Å²) in [5.41, 5.74) is 2.42. The van der Waals surface area contributed by atoms with Crippen LogP contribution < -0.4 is 10.1 Å². The molecule has 1 aromatic rings. The van der Waals surface area contributed by atoms with Crippen molar-refractivity contribution in [3.8, 4) is 5.75 Å². The summed E-state index contributed by atoms with van der Waals surface area (Å²) in [6, 6.07) is 6.27. The molecule has 1 aliphatic rings. The van der Waals surface area contributed by atoms with Crippen molar-refractivity contribution < 1.29 is 4.74 Å². The van der Waals surface area contributed by atoms with E-state index in [2.05, 4.69) is 29.6 Å². The summed E-state index contributed by atoms with van der Waals surface area (Å²) < 4.78 is 5.72. The van der Waals surface area contributed by atoms with Crippen LogP contribution in [-0.4, -0.2) is 13.2 Å². The van der Waals surface area contributed by atoms with E-state index in [0.717, 1.165) is 25.4 Å². The van der Waals surface area contributed by atoms with E-state index in [1.807, 2.05) is 13.0 Å². The van der Waals surface area contributed by atoms with Crippen molar-refractivity contribution in [3.05, 3.63) is 35.4 Å². The molecule has 0 fully saturated rings. The van der Waals surface area contributed by atoms with Crippen LogP contribution in [0.4, 0.5) is 0 Å². The molecule has 0 atom stereocenters. The fourth-order valence-corrected chi connectivity index (χ4v) is 1.68. The second-order valence-corrected chi connectivity index (χ2v) is 3.36. The van der Waals surface area contributed by atoms with Gasteiger partial charge < -0.3 is 10.1 Å². The number of halogens is 1. The Morgan fingerprint density at radius 1 is 1.40 bits per heavy atom. The molecule has 0 aromatic heterocycles. The molecule has 0 saturated heterocycles. The maximum absolute atomic E-state index is 5.72. The Morgan fingerprint density at radius 2 is 2.27 bits per heavy atom. The minimum Gasteiger partial charge on any atom is -0.491 e. The quantitative estimate of drug-likeness (QED) is 0.794. The van der Waals surface area contributed by atoms with Crippen LogP contribution in [0, 0.1) is 0 Å². The van der Waals surface area contributed by atoms with Crippen LogP contribution in [0.2, 0.25) is 0 Å². The maximum atomic E-state index is 5.72. The first kappa shape index (κ1) is 12.1. The molecule has 0 saturated carbocycles. The average molecular weight is 226 g/mol. The number of nitrogens with one attached hydrogen (secondary N) is 1. The van der Waals surface area contributed by atoms with E-state index >= 15 is 0 Å². The third kappa shape index (κ3) is 2.74. The normalized spacial score (nSPS) is 15.0. The number of hydrogen-bond acceptors (Lipinski definition) is 2. The highest BCUT2D eigenvalue weighted by molar-refractivity contribution is 5.85. The van der Waals surface area contributed by atoms with Gasteiger partial charge in [-0.2, -0.15) is 0 Å². The molecule has 15 heavy (non-hydrogen) atoms. The van der Waals surface area contributed by atoms with Crippen molar-refractivity contribution >= 4 is 18.5 Å². The van der Waals surface area contributed by atoms with Crippen molar-refractivity contribution in [1.82, 2.24) is 5.32 Å². The van der Waals surface area contributed by atoms with Crippen LogP contribution in [0.15, 0.2) is 24.3 Å². The molecule has 3 heteroatoms. The average Bonchev–Trinajstić information content (AvgIpc) is 2.44. The van der Waals surface area contributed by atoms with Crippen molar-refractivity contribution in [1.29, 1.82) is 0 Å². The molecule has 0 aliphatic carbocycles. The second-order valence-electron chi connectivity index (χ2n) is 3.36. The van der Waals surface area contributed by atoms with E-state index in [0.29, 0.717) is 0 Å². The minimum absolute atomic E-state index is 0. The van der Waals surface area contributed by atoms with E-state index in [-0.39, 0.29) is 12.4 Å². The molecule has 0 amide bonds. The summed E-state index contributed by atoms with van der Waals surface area (Å²) in [6.07, 6.45) is 4.13. The van der Waals surface area contributed by atoms with Gasteiger partial charge in [0.25, 0.3) is 0 Å². The van der Waals surface area contributed by atoms with Gasteiger partial charge in [0.05, 0.1) is 0 Å². The monoisotopic (exact) mass is 225 g/mol. The van der Waals surface area contributed by atoms with Gasteiger partial charge in [-0.25, -0.2) is 0 Å². The van der Waals surface area contributed by atoms with Gasteiger partial charge in [0.1, 0.15) is 12.4 Å². The lowest BCUT2D eigenvalue weighted by Crippen LogP contribution is -2.16. The molecule has 0 radical (unpaired) electrons. The minimum atomic E-state index is 0. The highest BCUT2D eigenvalue weighted by Gasteiger charge is 2.10. The number of benzene rings is 1. The van der Waals surface area contributed by atoms with Crippen LogP contribution in [-0.2, 0) is 6.54 Å². The van der Waals surface area contributed by atoms with Gasteiger partial charge in [0.15, 0.2) is 0 Å². The van der Waals surface area contributed by atoms with Crippen molar-refractivity contribution in [3.63, 3.8) is 0 Å². The third-order valence-electron chi connectivity index (χ3n) is 2.31. The SMILES string of the molecule is CC=Cc1cccc2c1OCCNC2.Cl. The molecule has 82 valence electrons. The van der Waals surface area contributed by atoms with E-state index in [4.69, 9.17) is 4.74 Å². The van der Waals surface area contributed by atoms with Crippen LogP contribution in [0.25, 0.3) is 6.08 Å². The highest BCUT2D eigenvalue weighted by atomic mass is 35.5. The molecule has 1 N–H and O–H groups in total. The number of ether oxygens (including phenoxy) is 1. The van der Waals surface area contributed by atoms with E-state index in [1.54, 1.807) is 0 Å².